The van der Waals surface area contributed by atoms with Crippen molar-refractivity contribution < 1.29 is 0 Å². The predicted octanol–water partition coefficient (Wildman–Crippen LogP) is 3.53. The van der Waals surface area contributed by atoms with Gasteiger partial charge in [0.25, 0.3) is 0 Å². The van der Waals surface area contributed by atoms with Crippen molar-refractivity contribution in [2.75, 3.05) is 5.32 Å². The monoisotopic (exact) mass is 339 g/mol. The van der Waals surface area contributed by atoms with Crippen molar-refractivity contribution in [2.24, 2.45) is 0 Å². The van der Waals surface area contributed by atoms with Crippen LogP contribution in [0.2, 0.25) is 0 Å². The molecule has 0 aliphatic heterocycles. The molecule has 1 aliphatic carbocycles. The molecule has 7 nitrogen and oxygen atoms in total. The molecule has 0 aromatic carbocycles. The Hall–Kier alpha value is -2.44. The van der Waals surface area contributed by atoms with Gasteiger partial charge in [-0.1, -0.05) is 12.8 Å². The smallest absolute Gasteiger partial charge is 0.160 e. The lowest BCUT2D eigenvalue weighted by Crippen LogP contribution is -2.18. The molecule has 0 unspecified atom stereocenters. The van der Waals surface area contributed by atoms with Crippen LogP contribution in [0.3, 0.4) is 0 Å². The van der Waals surface area contributed by atoms with Crippen LogP contribution in [0, 0.1) is 20.8 Å². The van der Waals surface area contributed by atoms with Gasteiger partial charge in [0.2, 0.25) is 0 Å². The molecule has 3 aromatic rings. The average Bonchev–Trinajstić information content (AvgIpc) is 3.30. The van der Waals surface area contributed by atoms with Crippen molar-refractivity contribution in [1.82, 2.24) is 29.4 Å². The molecule has 4 rings (SSSR count). The Morgan fingerprint density at radius 1 is 1.20 bits per heavy atom. The Bertz CT molecular complexity index is 902. The van der Waals surface area contributed by atoms with Gasteiger partial charge in [-0.25, -0.2) is 4.98 Å². The first-order valence-corrected chi connectivity index (χ1v) is 9.04. The molecule has 3 aromatic heterocycles. The molecule has 1 atom stereocenters. The second-order valence-electron chi connectivity index (χ2n) is 7.13. The maximum Gasteiger partial charge on any atom is 0.160 e. The normalized spacial score (nSPS) is 16.6. The second-order valence-corrected chi connectivity index (χ2v) is 7.13. The maximum absolute atomic E-state index is 4.64. The van der Waals surface area contributed by atoms with E-state index in [0.717, 1.165) is 34.2 Å². The number of nitrogens with one attached hydrogen (secondary N) is 1. The third-order valence-electron chi connectivity index (χ3n) is 5.26. The third-order valence-corrected chi connectivity index (χ3v) is 5.26. The zero-order chi connectivity index (χ0) is 17.6. The van der Waals surface area contributed by atoms with Crippen LogP contribution in [0.15, 0.2) is 12.4 Å². The number of hydrogen-bond acceptors (Lipinski definition) is 5. The summed E-state index contributed by atoms with van der Waals surface area (Å²) in [5.41, 5.74) is 4.00. The second kappa shape index (κ2) is 6.13. The topological polar surface area (TPSA) is 72.9 Å². The summed E-state index contributed by atoms with van der Waals surface area (Å²) >= 11 is 0. The van der Waals surface area contributed by atoms with Gasteiger partial charge in [0.15, 0.2) is 11.5 Å². The fourth-order valence-corrected chi connectivity index (χ4v) is 3.77. The Balaban J connectivity index is 1.68. The van der Waals surface area contributed by atoms with Crippen LogP contribution in [-0.2, 0) is 0 Å². The highest BCUT2D eigenvalue weighted by molar-refractivity contribution is 5.56. The molecule has 0 bridgehead atoms. The molecule has 25 heavy (non-hydrogen) atoms. The van der Waals surface area contributed by atoms with E-state index in [9.17, 15) is 0 Å². The molecule has 1 aliphatic rings. The van der Waals surface area contributed by atoms with Gasteiger partial charge in [-0.05, 0) is 40.5 Å². The largest absolute Gasteiger partial charge is 0.360 e. The van der Waals surface area contributed by atoms with E-state index in [1.807, 2.05) is 30.8 Å². The lowest BCUT2D eigenvalue weighted by atomic mass is 10.2. The highest BCUT2D eigenvalue weighted by Crippen LogP contribution is 2.32. The Kier molecular flexibility index (Phi) is 3.94. The van der Waals surface area contributed by atoms with E-state index in [4.69, 9.17) is 0 Å². The van der Waals surface area contributed by atoms with Crippen molar-refractivity contribution >= 4 is 11.5 Å². The third kappa shape index (κ3) is 2.77. The molecular weight excluding hydrogens is 314 g/mol. The summed E-state index contributed by atoms with van der Waals surface area (Å²) in [4.78, 5) is 4.63. The Labute approximate surface area is 147 Å². The number of hydrogen-bond donors (Lipinski definition) is 1. The average molecular weight is 339 g/mol. The molecule has 0 spiro atoms. The zero-order valence-electron chi connectivity index (χ0n) is 15.3. The van der Waals surface area contributed by atoms with Gasteiger partial charge < -0.3 is 9.88 Å². The van der Waals surface area contributed by atoms with Gasteiger partial charge in [0.05, 0.1) is 11.7 Å². The summed E-state index contributed by atoms with van der Waals surface area (Å²) in [7, 11) is 0. The lowest BCUT2D eigenvalue weighted by Gasteiger charge is -2.20. The fraction of sp³-hybridized carbons (Fsp3) is 0.556. The van der Waals surface area contributed by atoms with Gasteiger partial charge in [-0.3, -0.25) is 0 Å². The molecule has 0 radical (unpaired) electrons. The molecular formula is C18H25N7. The number of anilines is 1. The van der Waals surface area contributed by atoms with E-state index in [-0.39, 0.29) is 6.04 Å². The Morgan fingerprint density at radius 3 is 2.72 bits per heavy atom. The van der Waals surface area contributed by atoms with Crippen LogP contribution >= 0.6 is 0 Å². The summed E-state index contributed by atoms with van der Waals surface area (Å²) < 4.78 is 4.14. The van der Waals surface area contributed by atoms with Crippen molar-refractivity contribution in [3.05, 3.63) is 35.2 Å². The van der Waals surface area contributed by atoms with Gasteiger partial charge >= 0.3 is 0 Å². The minimum atomic E-state index is 0.0397. The summed E-state index contributed by atoms with van der Waals surface area (Å²) in [5, 5.41) is 16.8. The minimum Gasteiger partial charge on any atom is -0.360 e. The van der Waals surface area contributed by atoms with E-state index in [2.05, 4.69) is 44.0 Å². The van der Waals surface area contributed by atoms with Gasteiger partial charge in [-0.15, -0.1) is 10.2 Å². The quantitative estimate of drug-likeness (QED) is 0.787. The zero-order valence-corrected chi connectivity index (χ0v) is 15.3. The SMILES string of the molecule is Cc1cc(N[C@@H](C)c2nncn2C2CCCC2)n2nc(C)c(C)c2n1. The van der Waals surface area contributed by atoms with Crippen LogP contribution in [0.25, 0.3) is 5.65 Å². The molecule has 1 saturated carbocycles. The van der Waals surface area contributed by atoms with Gasteiger partial charge in [0.1, 0.15) is 12.1 Å². The number of rotatable bonds is 4. The lowest BCUT2D eigenvalue weighted by molar-refractivity contribution is 0.487. The maximum atomic E-state index is 4.64. The summed E-state index contributed by atoms with van der Waals surface area (Å²) in [6.07, 6.45) is 6.89. The van der Waals surface area contributed by atoms with Crippen molar-refractivity contribution in [2.45, 2.75) is 65.5 Å². The van der Waals surface area contributed by atoms with E-state index in [1.165, 1.54) is 25.7 Å². The molecule has 132 valence electrons. The summed E-state index contributed by atoms with van der Waals surface area (Å²) in [6, 6.07) is 2.60. The molecule has 0 saturated heterocycles. The highest BCUT2D eigenvalue weighted by atomic mass is 15.3. The minimum absolute atomic E-state index is 0.0397. The molecule has 0 amide bonds. The van der Waals surface area contributed by atoms with Crippen LogP contribution in [0.5, 0.6) is 0 Å². The van der Waals surface area contributed by atoms with Crippen molar-refractivity contribution in [1.29, 1.82) is 0 Å². The van der Waals surface area contributed by atoms with Crippen LogP contribution in [0.4, 0.5) is 5.82 Å². The van der Waals surface area contributed by atoms with E-state index < -0.39 is 0 Å². The first kappa shape index (κ1) is 16.1. The first-order chi connectivity index (χ1) is 12.0. The summed E-state index contributed by atoms with van der Waals surface area (Å²) in [5.74, 6) is 1.92. The molecule has 3 heterocycles. The van der Waals surface area contributed by atoms with Crippen molar-refractivity contribution in [3.63, 3.8) is 0 Å². The number of aromatic nitrogens is 6. The number of fused-ring (bicyclic) bond motifs is 1. The predicted molar refractivity (Wildman–Crippen MR) is 96.8 cm³/mol. The van der Waals surface area contributed by atoms with E-state index >= 15 is 0 Å². The number of nitrogens with zero attached hydrogens (tertiary/aromatic N) is 6. The van der Waals surface area contributed by atoms with E-state index in [0.29, 0.717) is 6.04 Å². The molecule has 1 fully saturated rings. The van der Waals surface area contributed by atoms with Crippen LogP contribution < -0.4 is 5.32 Å². The molecule has 7 heteroatoms. The van der Waals surface area contributed by atoms with E-state index in [1.54, 1.807) is 0 Å². The molecule has 1 N–H and O–H groups in total. The fourth-order valence-electron chi connectivity index (χ4n) is 3.77. The highest BCUT2D eigenvalue weighted by Gasteiger charge is 2.23. The first-order valence-electron chi connectivity index (χ1n) is 9.04. The van der Waals surface area contributed by atoms with Crippen LogP contribution in [0.1, 0.15) is 67.5 Å². The van der Waals surface area contributed by atoms with Crippen molar-refractivity contribution in [3.8, 4) is 0 Å². The van der Waals surface area contributed by atoms with Crippen LogP contribution in [-0.4, -0.2) is 29.4 Å². The van der Waals surface area contributed by atoms with Gasteiger partial charge in [0, 0.05) is 23.4 Å². The summed E-state index contributed by atoms with van der Waals surface area (Å²) in [6.45, 7) is 8.22. The Morgan fingerprint density at radius 2 is 1.96 bits per heavy atom. The van der Waals surface area contributed by atoms with Gasteiger partial charge in [-0.2, -0.15) is 9.61 Å². The standard InChI is InChI=1S/C18H25N7/c1-11-9-16(25-17(20-11)12(2)13(3)23-25)21-14(4)18-22-19-10-24(18)15-7-5-6-8-15/h9-10,14-15,21H,5-8H2,1-4H3/t14-/m0/s1. The number of aryl methyl sites for hydroxylation is 3.